The average Bonchev–Trinajstić information content (AvgIpc) is 3.47. The second-order valence-electron chi connectivity index (χ2n) is 7.83. The second-order valence-corrected chi connectivity index (χ2v) is 11.3. The van der Waals surface area contributed by atoms with Gasteiger partial charge in [0.1, 0.15) is 10.5 Å². The van der Waals surface area contributed by atoms with Crippen molar-refractivity contribution in [3.63, 3.8) is 0 Å². The number of aliphatic hydroxyl groups excluding tert-OH is 1. The van der Waals surface area contributed by atoms with Gasteiger partial charge in [-0.1, -0.05) is 66.4 Å². The van der Waals surface area contributed by atoms with E-state index in [0.29, 0.717) is 5.76 Å². The van der Waals surface area contributed by atoms with Gasteiger partial charge >= 0.3 is 0 Å². The molecule has 0 spiro atoms. The maximum atomic E-state index is 11.8. The summed E-state index contributed by atoms with van der Waals surface area (Å²) >= 11 is 5.45. The molecule has 3 heterocycles. The first-order valence-corrected chi connectivity index (χ1v) is 12.2. The van der Waals surface area contributed by atoms with Crippen LogP contribution in [0, 0.1) is 0 Å². The van der Waals surface area contributed by atoms with Crippen LogP contribution in [0.2, 0.25) is 0 Å². The molecule has 4 aromatic rings. The van der Waals surface area contributed by atoms with Crippen LogP contribution < -0.4 is 0 Å². The van der Waals surface area contributed by atoms with Crippen LogP contribution in [0.3, 0.4) is 0 Å². The van der Waals surface area contributed by atoms with Gasteiger partial charge in [0.2, 0.25) is 0 Å². The van der Waals surface area contributed by atoms with Crippen LogP contribution in [0.15, 0.2) is 99.3 Å². The summed E-state index contributed by atoms with van der Waals surface area (Å²) in [4.78, 5) is 5.01. The number of rotatable bonds is 1. The van der Waals surface area contributed by atoms with Gasteiger partial charge in [-0.25, -0.2) is 0 Å². The lowest BCUT2D eigenvalue weighted by Gasteiger charge is -2.31. The fourth-order valence-electron chi connectivity index (χ4n) is 5.24. The molecule has 0 saturated heterocycles. The lowest BCUT2D eigenvalue weighted by atomic mass is 9.78. The Balaban J connectivity index is 1.54. The summed E-state index contributed by atoms with van der Waals surface area (Å²) in [6.07, 6.45) is 0. The predicted molar refractivity (Wildman–Crippen MR) is 123 cm³/mol. The number of aliphatic hydroxyl groups is 1. The molecule has 0 saturated carbocycles. The van der Waals surface area contributed by atoms with Crippen molar-refractivity contribution in [2.45, 2.75) is 26.4 Å². The van der Waals surface area contributed by atoms with E-state index in [-0.39, 0.29) is 11.8 Å². The molecule has 3 unspecified atom stereocenters. The van der Waals surface area contributed by atoms with Crippen molar-refractivity contribution in [3.05, 3.63) is 106 Å². The Morgan fingerprint density at radius 2 is 1.52 bits per heavy atom. The van der Waals surface area contributed by atoms with Gasteiger partial charge in [-0.3, -0.25) is 0 Å². The summed E-state index contributed by atoms with van der Waals surface area (Å²) in [5, 5.41) is 13.1. The van der Waals surface area contributed by atoms with Gasteiger partial charge in [-0.05, 0) is 40.8 Å². The number of hydrogen-bond donors (Lipinski definition) is 1. The first kappa shape index (κ1) is 16.6. The van der Waals surface area contributed by atoms with Crippen LogP contribution in [0.25, 0.3) is 10.1 Å². The van der Waals surface area contributed by atoms with Gasteiger partial charge in [0.05, 0.1) is 0 Å². The molecular formula is C25H16OS3. The number of allylic oxidation sites excluding steroid dienone is 1. The highest BCUT2D eigenvalue weighted by atomic mass is 32.2. The molecule has 3 aliphatic rings. The van der Waals surface area contributed by atoms with E-state index in [1.54, 1.807) is 11.8 Å². The van der Waals surface area contributed by atoms with Crippen molar-refractivity contribution in [1.29, 1.82) is 0 Å². The molecule has 0 amide bonds. The van der Waals surface area contributed by atoms with Gasteiger partial charge in [0, 0.05) is 36.1 Å². The highest BCUT2D eigenvalue weighted by Crippen LogP contribution is 2.76. The topological polar surface area (TPSA) is 20.2 Å². The van der Waals surface area contributed by atoms with Crippen LogP contribution in [-0.4, -0.2) is 5.11 Å². The fourth-order valence-corrected chi connectivity index (χ4v) is 9.66. The molecule has 4 heteroatoms. The lowest BCUT2D eigenvalue weighted by molar-refractivity contribution is 0.350. The minimum Gasteiger partial charge on any atom is -0.510 e. The van der Waals surface area contributed by atoms with E-state index in [4.69, 9.17) is 0 Å². The third-order valence-corrected chi connectivity index (χ3v) is 10.6. The van der Waals surface area contributed by atoms with Crippen LogP contribution in [0.1, 0.15) is 27.8 Å². The summed E-state index contributed by atoms with van der Waals surface area (Å²) in [5.41, 5.74) is 2.74. The largest absolute Gasteiger partial charge is 0.510 e. The summed E-state index contributed by atoms with van der Waals surface area (Å²) in [6, 6.07) is 28.3. The third-order valence-electron chi connectivity index (χ3n) is 6.43. The first-order chi connectivity index (χ1) is 14.3. The summed E-state index contributed by atoms with van der Waals surface area (Å²) < 4.78 is 0.864. The van der Waals surface area contributed by atoms with Gasteiger partial charge < -0.3 is 5.11 Å². The number of hydrogen-bond acceptors (Lipinski definition) is 4. The minimum absolute atomic E-state index is 0.225. The quantitative estimate of drug-likeness (QED) is 0.336. The van der Waals surface area contributed by atoms with Crippen molar-refractivity contribution < 1.29 is 5.11 Å². The van der Waals surface area contributed by atoms with E-state index in [9.17, 15) is 5.11 Å². The highest BCUT2D eigenvalue weighted by molar-refractivity contribution is 8.04. The van der Waals surface area contributed by atoms with E-state index < -0.39 is 4.75 Å². The van der Waals surface area contributed by atoms with Crippen LogP contribution >= 0.6 is 34.9 Å². The van der Waals surface area contributed by atoms with Crippen LogP contribution in [0.4, 0.5) is 0 Å². The molecule has 1 aromatic heterocycles. The Kier molecular flexibility index (Phi) is 3.28. The van der Waals surface area contributed by atoms with Crippen LogP contribution in [-0.2, 0) is 4.75 Å². The van der Waals surface area contributed by atoms with Gasteiger partial charge in [0.15, 0.2) is 0 Å². The van der Waals surface area contributed by atoms with Crippen molar-refractivity contribution in [2.75, 3.05) is 0 Å². The normalized spacial score (nSPS) is 26.5. The molecule has 1 aliphatic carbocycles. The standard InChI is InChI=1S/C25H16OS3/c26-24-23-21(15-8-2-5-11-18(15)28-23)22-16-9-3-6-12-19(16)29-25(22,24)20-13-14-7-1-4-10-17(14)27-20/h1-13,21-22,26H. The lowest BCUT2D eigenvalue weighted by Crippen LogP contribution is -2.26. The Labute approximate surface area is 181 Å². The molecule has 3 aromatic carbocycles. The maximum Gasteiger partial charge on any atom is 0.125 e. The molecule has 0 bridgehead atoms. The molecular weight excluding hydrogens is 412 g/mol. The van der Waals surface area contributed by atoms with E-state index in [2.05, 4.69) is 78.9 Å². The molecule has 1 nitrogen and oxygen atoms in total. The van der Waals surface area contributed by atoms with Crippen molar-refractivity contribution >= 4 is 44.9 Å². The van der Waals surface area contributed by atoms with Gasteiger partial charge in [-0.15, -0.1) is 23.1 Å². The van der Waals surface area contributed by atoms with Crippen molar-refractivity contribution in [3.8, 4) is 0 Å². The summed E-state index contributed by atoms with van der Waals surface area (Å²) in [6.45, 7) is 0. The zero-order valence-electron chi connectivity index (χ0n) is 15.3. The highest BCUT2D eigenvalue weighted by Gasteiger charge is 2.63. The predicted octanol–water partition coefficient (Wildman–Crippen LogP) is 7.66. The number of fused-ring (bicyclic) bond motifs is 8. The van der Waals surface area contributed by atoms with E-state index in [0.717, 1.165) is 4.91 Å². The van der Waals surface area contributed by atoms with E-state index in [1.165, 1.54) is 35.9 Å². The SMILES string of the molecule is OC1=C2Sc3ccccc3C2C2c3ccccc3SC12c1cc2ccccc2s1. The molecule has 0 radical (unpaired) electrons. The molecule has 0 fully saturated rings. The summed E-state index contributed by atoms with van der Waals surface area (Å²) in [5.74, 6) is 1.03. The summed E-state index contributed by atoms with van der Waals surface area (Å²) in [7, 11) is 0. The van der Waals surface area contributed by atoms with E-state index >= 15 is 0 Å². The zero-order chi connectivity index (χ0) is 19.2. The number of thiophene rings is 1. The first-order valence-electron chi connectivity index (χ1n) is 9.75. The third kappa shape index (κ3) is 2.00. The van der Waals surface area contributed by atoms with E-state index in [1.807, 2.05) is 23.1 Å². The Bertz CT molecular complexity index is 1320. The minimum atomic E-state index is -0.423. The molecule has 140 valence electrons. The maximum absolute atomic E-state index is 11.8. The fraction of sp³-hybridized carbons (Fsp3) is 0.120. The molecule has 1 N–H and O–H groups in total. The number of benzene rings is 3. The molecule has 3 atom stereocenters. The molecule has 29 heavy (non-hydrogen) atoms. The van der Waals surface area contributed by atoms with Gasteiger partial charge in [-0.2, -0.15) is 0 Å². The van der Waals surface area contributed by atoms with Crippen molar-refractivity contribution in [1.82, 2.24) is 0 Å². The Hall–Kier alpha value is -2.14. The van der Waals surface area contributed by atoms with Crippen molar-refractivity contribution in [2.24, 2.45) is 0 Å². The molecule has 2 aliphatic heterocycles. The Morgan fingerprint density at radius 3 is 2.38 bits per heavy atom. The van der Waals surface area contributed by atoms with Crippen LogP contribution in [0.5, 0.6) is 0 Å². The average molecular weight is 429 g/mol. The monoisotopic (exact) mass is 428 g/mol. The number of thioether (sulfide) groups is 2. The second kappa shape index (κ2) is 5.72. The smallest absolute Gasteiger partial charge is 0.125 e. The zero-order valence-corrected chi connectivity index (χ0v) is 17.8. The Morgan fingerprint density at radius 1 is 0.793 bits per heavy atom. The van der Waals surface area contributed by atoms with Gasteiger partial charge in [0.25, 0.3) is 0 Å². The molecule has 7 rings (SSSR count).